The summed E-state index contributed by atoms with van der Waals surface area (Å²) in [5, 5.41) is 13.9. The monoisotopic (exact) mass is 328 g/mol. The van der Waals surface area contributed by atoms with Crippen LogP contribution in [-0.2, 0) is 16.0 Å². The molecule has 0 aliphatic carbocycles. The molecule has 0 unspecified atom stereocenters. The fraction of sp³-hybridized carbons (Fsp3) is 0.615. The molecule has 0 atom stereocenters. The molecule has 0 saturated carbocycles. The summed E-state index contributed by atoms with van der Waals surface area (Å²) in [5.74, 6) is -0.351. The lowest BCUT2D eigenvalue weighted by Crippen LogP contribution is -2.59. The van der Waals surface area contributed by atoms with E-state index in [1.54, 1.807) is 11.7 Å². The van der Waals surface area contributed by atoms with E-state index in [1.807, 2.05) is 18.7 Å². The lowest BCUT2D eigenvalue weighted by atomic mass is 10.2. The fourth-order valence-corrected chi connectivity index (χ4v) is 3.02. The van der Waals surface area contributed by atoms with E-state index < -0.39 is 10.7 Å². The van der Waals surface area contributed by atoms with Gasteiger partial charge in [-0.1, -0.05) is 0 Å². The van der Waals surface area contributed by atoms with E-state index >= 15 is 0 Å². The number of nitro groups is 1. The predicted molar refractivity (Wildman–Crippen MR) is 81.6 cm³/mol. The number of nitrogens with one attached hydrogen (secondary N) is 1. The number of aromatic nitrogens is 1. The molecular formula is C13H20N4O4S. The van der Waals surface area contributed by atoms with Gasteiger partial charge < -0.3 is 19.7 Å². The third-order valence-corrected chi connectivity index (χ3v) is 3.95. The van der Waals surface area contributed by atoms with Gasteiger partial charge in [0.2, 0.25) is 5.79 Å². The number of hydrogen-bond donors (Lipinski definition) is 1. The Kier molecular flexibility index (Phi) is 5.69. The first-order valence-electron chi connectivity index (χ1n) is 7.08. The van der Waals surface area contributed by atoms with Crippen LogP contribution in [-0.4, -0.2) is 46.9 Å². The van der Waals surface area contributed by atoms with Crippen LogP contribution in [0.4, 0.5) is 0 Å². The Morgan fingerprint density at radius 3 is 2.82 bits per heavy atom. The van der Waals surface area contributed by atoms with Crippen LogP contribution in [0.5, 0.6) is 0 Å². The highest BCUT2D eigenvalue weighted by molar-refractivity contribution is 7.09. The number of hydrogen-bond acceptors (Lipinski definition) is 8. The van der Waals surface area contributed by atoms with Crippen molar-refractivity contribution in [1.29, 1.82) is 0 Å². The standard InChI is InChI=1S/C13H20N4O4S/c1-3-20-13(21-4-2)8-15-12(7-17(18)19)16(9-13)6-11-5-14-10-22-11/h5,7,10,15H,3-4,6,8-9H2,1-2H3. The summed E-state index contributed by atoms with van der Waals surface area (Å²) >= 11 is 1.51. The van der Waals surface area contributed by atoms with Crippen LogP contribution in [0.15, 0.2) is 23.7 Å². The highest BCUT2D eigenvalue weighted by Crippen LogP contribution is 2.24. The van der Waals surface area contributed by atoms with Crippen molar-refractivity contribution in [2.75, 3.05) is 26.3 Å². The maximum absolute atomic E-state index is 10.8. The Bertz CT molecular complexity index is 514. The van der Waals surface area contributed by atoms with Crippen molar-refractivity contribution in [1.82, 2.24) is 15.2 Å². The summed E-state index contributed by atoms with van der Waals surface area (Å²) in [6.07, 6.45) is 2.73. The van der Waals surface area contributed by atoms with E-state index in [0.29, 0.717) is 38.7 Å². The first-order valence-corrected chi connectivity index (χ1v) is 7.96. The largest absolute Gasteiger partial charge is 0.361 e. The molecule has 1 aliphatic rings. The Labute approximate surface area is 132 Å². The van der Waals surface area contributed by atoms with Crippen molar-refractivity contribution in [2.45, 2.75) is 26.2 Å². The van der Waals surface area contributed by atoms with Gasteiger partial charge in [0.15, 0.2) is 5.82 Å². The molecule has 1 saturated heterocycles. The van der Waals surface area contributed by atoms with Crippen molar-refractivity contribution < 1.29 is 14.4 Å². The smallest absolute Gasteiger partial charge is 0.274 e. The van der Waals surface area contributed by atoms with E-state index in [-0.39, 0.29) is 0 Å². The van der Waals surface area contributed by atoms with Crippen LogP contribution in [0.2, 0.25) is 0 Å². The first-order chi connectivity index (χ1) is 10.6. The van der Waals surface area contributed by atoms with Crippen LogP contribution >= 0.6 is 11.3 Å². The molecule has 0 radical (unpaired) electrons. The van der Waals surface area contributed by atoms with Crippen LogP contribution in [0.25, 0.3) is 0 Å². The molecule has 1 aliphatic heterocycles. The molecule has 1 fully saturated rings. The van der Waals surface area contributed by atoms with Gasteiger partial charge in [-0.15, -0.1) is 11.3 Å². The van der Waals surface area contributed by atoms with Gasteiger partial charge in [0, 0.05) is 24.3 Å². The zero-order valence-corrected chi connectivity index (χ0v) is 13.5. The van der Waals surface area contributed by atoms with E-state index in [4.69, 9.17) is 9.47 Å². The normalized spacial score (nSPS) is 19.2. The van der Waals surface area contributed by atoms with Gasteiger partial charge in [-0.05, 0) is 13.8 Å². The molecule has 2 rings (SSSR count). The summed E-state index contributed by atoms with van der Waals surface area (Å²) < 4.78 is 11.6. The first kappa shape index (κ1) is 16.7. The summed E-state index contributed by atoms with van der Waals surface area (Å²) in [7, 11) is 0. The van der Waals surface area contributed by atoms with Crippen LogP contribution < -0.4 is 5.32 Å². The van der Waals surface area contributed by atoms with Crippen molar-refractivity contribution in [2.24, 2.45) is 0 Å². The highest BCUT2D eigenvalue weighted by Gasteiger charge is 2.39. The number of rotatable bonds is 7. The minimum Gasteiger partial charge on any atom is -0.361 e. The Morgan fingerprint density at radius 1 is 1.55 bits per heavy atom. The molecule has 8 nitrogen and oxygen atoms in total. The Hall–Kier alpha value is -1.71. The van der Waals surface area contributed by atoms with E-state index in [1.165, 1.54) is 11.3 Å². The molecule has 2 heterocycles. The average Bonchev–Trinajstić information content (AvgIpc) is 2.95. The summed E-state index contributed by atoms with van der Waals surface area (Å²) in [4.78, 5) is 17.3. The molecule has 1 N–H and O–H groups in total. The van der Waals surface area contributed by atoms with Gasteiger partial charge in [-0.3, -0.25) is 15.1 Å². The van der Waals surface area contributed by atoms with Crippen molar-refractivity contribution in [3.05, 3.63) is 38.7 Å². The third-order valence-electron chi connectivity index (χ3n) is 3.18. The minimum absolute atomic E-state index is 0.369. The summed E-state index contributed by atoms with van der Waals surface area (Å²) in [6, 6.07) is 0. The van der Waals surface area contributed by atoms with Gasteiger partial charge in [0.05, 0.1) is 30.1 Å². The van der Waals surface area contributed by atoms with Gasteiger partial charge in [0.1, 0.15) is 0 Å². The maximum Gasteiger partial charge on any atom is 0.274 e. The molecule has 1 aromatic heterocycles. The van der Waals surface area contributed by atoms with Crippen molar-refractivity contribution >= 4 is 11.3 Å². The molecule has 122 valence electrons. The molecule has 9 heteroatoms. The molecule has 22 heavy (non-hydrogen) atoms. The topological polar surface area (TPSA) is 89.8 Å². The van der Waals surface area contributed by atoms with Gasteiger partial charge in [-0.25, -0.2) is 0 Å². The highest BCUT2D eigenvalue weighted by atomic mass is 32.1. The van der Waals surface area contributed by atoms with Gasteiger partial charge in [0.25, 0.3) is 6.20 Å². The van der Waals surface area contributed by atoms with Crippen LogP contribution in [0.3, 0.4) is 0 Å². The van der Waals surface area contributed by atoms with E-state index in [9.17, 15) is 10.1 Å². The molecule has 0 amide bonds. The number of ether oxygens (including phenoxy) is 2. The Balaban J connectivity index is 2.21. The molecule has 0 aromatic carbocycles. The third kappa shape index (κ3) is 4.15. The van der Waals surface area contributed by atoms with Gasteiger partial charge >= 0.3 is 0 Å². The number of thiazole rings is 1. The molecule has 0 spiro atoms. The molecule has 1 aromatic rings. The summed E-state index contributed by atoms with van der Waals surface area (Å²) in [5.41, 5.74) is 1.74. The SMILES string of the molecule is CCOC1(OCC)CNC(=C[N+](=O)[O-])N(Cc2cncs2)C1. The quantitative estimate of drug-likeness (QED) is 0.459. The van der Waals surface area contributed by atoms with Crippen LogP contribution in [0.1, 0.15) is 18.7 Å². The minimum atomic E-state index is -0.803. The summed E-state index contributed by atoms with van der Waals surface area (Å²) in [6.45, 7) is 6.11. The number of nitrogens with zero attached hydrogens (tertiary/aromatic N) is 3. The van der Waals surface area contributed by atoms with E-state index in [2.05, 4.69) is 10.3 Å². The Morgan fingerprint density at radius 2 is 2.27 bits per heavy atom. The van der Waals surface area contributed by atoms with Crippen LogP contribution in [0, 0.1) is 10.1 Å². The van der Waals surface area contributed by atoms with Crippen molar-refractivity contribution in [3.8, 4) is 0 Å². The molecule has 0 bridgehead atoms. The predicted octanol–water partition coefficient (Wildman–Crippen LogP) is 1.39. The molecular weight excluding hydrogens is 308 g/mol. The second-order valence-corrected chi connectivity index (χ2v) is 5.72. The van der Waals surface area contributed by atoms with Crippen molar-refractivity contribution in [3.63, 3.8) is 0 Å². The average molecular weight is 328 g/mol. The lowest BCUT2D eigenvalue weighted by molar-refractivity contribution is -0.405. The zero-order chi connectivity index (χ0) is 16.0. The second kappa shape index (κ2) is 7.52. The fourth-order valence-electron chi connectivity index (χ4n) is 2.41. The van der Waals surface area contributed by atoms with E-state index in [0.717, 1.165) is 11.1 Å². The second-order valence-electron chi connectivity index (χ2n) is 4.75. The maximum atomic E-state index is 10.8. The lowest BCUT2D eigenvalue weighted by Gasteiger charge is -2.43. The zero-order valence-electron chi connectivity index (χ0n) is 12.7. The van der Waals surface area contributed by atoms with Gasteiger partial charge in [-0.2, -0.15) is 0 Å².